The van der Waals surface area contributed by atoms with Crippen molar-refractivity contribution in [1.29, 1.82) is 0 Å². The maximum Gasteiger partial charge on any atom is 0.391 e. The molecule has 164 valence electrons. The maximum absolute atomic E-state index is 12.7. The Hall–Kier alpha value is -3.30. The number of fused-ring (bicyclic) bond motifs is 1. The molecule has 1 aliphatic carbocycles. The highest BCUT2D eigenvalue weighted by Crippen LogP contribution is 2.43. The summed E-state index contributed by atoms with van der Waals surface area (Å²) in [4.78, 5) is 33.0. The molecule has 1 saturated carbocycles. The fourth-order valence-corrected chi connectivity index (χ4v) is 3.63. The van der Waals surface area contributed by atoms with E-state index in [9.17, 15) is 22.8 Å². The molecule has 0 unspecified atom stereocenters. The minimum absolute atomic E-state index is 0.0465. The molecule has 1 aromatic carbocycles. The second-order valence-electron chi connectivity index (χ2n) is 7.68. The van der Waals surface area contributed by atoms with E-state index >= 15 is 0 Å². The van der Waals surface area contributed by atoms with Gasteiger partial charge < -0.3 is 15.2 Å². The number of nitrogens with one attached hydrogen (secondary N) is 2. The van der Waals surface area contributed by atoms with Gasteiger partial charge in [-0.25, -0.2) is 9.78 Å². The highest BCUT2D eigenvalue weighted by molar-refractivity contribution is 5.97. The van der Waals surface area contributed by atoms with E-state index in [1.807, 2.05) is 0 Å². The number of alkyl halides is 3. The smallest absolute Gasteiger partial charge is 0.357 e. The summed E-state index contributed by atoms with van der Waals surface area (Å²) in [6, 6.07) is 7.43. The Labute approximate surface area is 180 Å². The van der Waals surface area contributed by atoms with Gasteiger partial charge in [0.1, 0.15) is 5.82 Å². The van der Waals surface area contributed by atoms with Gasteiger partial charge in [-0.1, -0.05) is 6.07 Å². The lowest BCUT2D eigenvalue weighted by Gasteiger charge is -2.42. The molecule has 1 fully saturated rings. The Morgan fingerprint density at radius 3 is 2.77 bits per heavy atom. The molecule has 3 aromatic rings. The van der Waals surface area contributed by atoms with E-state index < -0.39 is 30.7 Å². The van der Waals surface area contributed by atoms with Gasteiger partial charge in [0, 0.05) is 42.5 Å². The summed E-state index contributed by atoms with van der Waals surface area (Å²) in [7, 11) is 1.71. The number of imidazole rings is 1. The van der Waals surface area contributed by atoms with E-state index in [2.05, 4.69) is 15.3 Å². The molecule has 2 heterocycles. The van der Waals surface area contributed by atoms with Gasteiger partial charge in [-0.3, -0.25) is 9.36 Å². The van der Waals surface area contributed by atoms with Gasteiger partial charge in [-0.15, -0.1) is 0 Å². The van der Waals surface area contributed by atoms with Crippen LogP contribution >= 0.6 is 0 Å². The highest BCUT2D eigenvalue weighted by atomic mass is 19.4. The SMILES string of the molecule is [2H]C([2H])([2H])n1c(=O)[nH]c2cc(C(=O)NCc3ccc(N(C)C4CC(C(F)(F)F)C4)nc3)ccc21. The van der Waals surface area contributed by atoms with Crippen molar-refractivity contribution in [2.45, 2.75) is 31.6 Å². The number of hydrogen-bond donors (Lipinski definition) is 2. The summed E-state index contributed by atoms with van der Waals surface area (Å²) in [6.07, 6.45) is -2.52. The van der Waals surface area contributed by atoms with Crippen molar-refractivity contribution in [1.82, 2.24) is 19.9 Å². The average molecular weight is 436 g/mol. The van der Waals surface area contributed by atoms with Crippen LogP contribution in [0.4, 0.5) is 19.0 Å². The topological polar surface area (TPSA) is 83.0 Å². The number of pyridine rings is 1. The zero-order valence-electron chi connectivity index (χ0n) is 19.5. The number of carbonyl (C=O) groups is 1. The fourth-order valence-electron chi connectivity index (χ4n) is 3.63. The van der Waals surface area contributed by atoms with E-state index in [1.165, 1.54) is 18.2 Å². The average Bonchev–Trinajstić information content (AvgIpc) is 3.05. The molecule has 1 amide bonds. The third-order valence-electron chi connectivity index (χ3n) is 5.69. The number of aromatic nitrogens is 3. The Morgan fingerprint density at radius 1 is 1.35 bits per heavy atom. The monoisotopic (exact) mass is 436 g/mol. The molecule has 1 aliphatic rings. The molecule has 4 rings (SSSR count). The van der Waals surface area contributed by atoms with E-state index in [0.717, 1.165) is 0 Å². The maximum atomic E-state index is 12.7. The minimum atomic E-state index is -4.16. The van der Waals surface area contributed by atoms with Crippen LogP contribution in [0.3, 0.4) is 0 Å². The number of aryl methyl sites for hydroxylation is 1. The summed E-state index contributed by atoms with van der Waals surface area (Å²) in [5, 5.41) is 2.72. The normalized spacial score (nSPS) is 20.5. The first kappa shape index (κ1) is 17.4. The highest BCUT2D eigenvalue weighted by Gasteiger charge is 2.49. The molecule has 2 aromatic heterocycles. The Kier molecular flexibility index (Phi) is 4.35. The fraction of sp³-hybridized carbons (Fsp3) is 0.381. The van der Waals surface area contributed by atoms with E-state index in [-0.39, 0.29) is 42.0 Å². The Bertz CT molecular complexity index is 1260. The van der Waals surface area contributed by atoms with Crippen LogP contribution in [0.25, 0.3) is 11.0 Å². The Balaban J connectivity index is 1.37. The first-order chi connectivity index (χ1) is 15.8. The van der Waals surface area contributed by atoms with Crippen LogP contribution in [0.5, 0.6) is 0 Å². The first-order valence-corrected chi connectivity index (χ1v) is 9.62. The number of carbonyl (C=O) groups excluding carboxylic acids is 1. The summed E-state index contributed by atoms with van der Waals surface area (Å²) in [5.74, 6) is -1.15. The number of hydrogen-bond acceptors (Lipinski definition) is 4. The molecule has 0 saturated heterocycles. The zero-order valence-corrected chi connectivity index (χ0v) is 16.5. The number of nitrogens with zero attached hydrogens (tertiary/aromatic N) is 3. The number of aromatic amines is 1. The number of rotatable bonds is 5. The zero-order chi connectivity index (χ0) is 24.8. The van der Waals surface area contributed by atoms with Crippen LogP contribution in [0.1, 0.15) is 32.9 Å². The molecule has 0 spiro atoms. The lowest BCUT2D eigenvalue weighted by molar-refractivity contribution is -0.196. The summed E-state index contributed by atoms with van der Waals surface area (Å²) >= 11 is 0. The predicted molar refractivity (Wildman–Crippen MR) is 110 cm³/mol. The van der Waals surface area contributed by atoms with Crippen LogP contribution < -0.4 is 15.9 Å². The molecule has 0 bridgehead atoms. The van der Waals surface area contributed by atoms with Gasteiger partial charge in [0.05, 0.1) is 17.0 Å². The van der Waals surface area contributed by atoms with Gasteiger partial charge in [0.15, 0.2) is 0 Å². The largest absolute Gasteiger partial charge is 0.391 e. The van der Waals surface area contributed by atoms with Crippen molar-refractivity contribution in [3.05, 3.63) is 58.1 Å². The number of benzene rings is 1. The number of H-pyrrole nitrogens is 1. The summed E-state index contributed by atoms with van der Waals surface area (Å²) in [5.41, 5.74) is 0.528. The molecular weight excluding hydrogens is 411 g/mol. The van der Waals surface area contributed by atoms with Crippen LogP contribution in [-0.4, -0.2) is 39.7 Å². The lowest BCUT2D eigenvalue weighted by atomic mass is 9.79. The van der Waals surface area contributed by atoms with Crippen LogP contribution in [-0.2, 0) is 13.5 Å². The Morgan fingerprint density at radius 2 is 2.13 bits per heavy atom. The molecular formula is C21H22F3N5O2. The molecule has 7 nitrogen and oxygen atoms in total. The molecule has 31 heavy (non-hydrogen) atoms. The van der Waals surface area contributed by atoms with E-state index in [4.69, 9.17) is 4.11 Å². The van der Waals surface area contributed by atoms with Crippen molar-refractivity contribution in [2.75, 3.05) is 11.9 Å². The van der Waals surface area contributed by atoms with E-state index in [1.54, 1.807) is 30.3 Å². The van der Waals surface area contributed by atoms with Crippen molar-refractivity contribution in [3.8, 4) is 0 Å². The molecule has 10 heteroatoms. The van der Waals surface area contributed by atoms with Crippen molar-refractivity contribution >= 4 is 22.8 Å². The lowest BCUT2D eigenvalue weighted by Crippen LogP contribution is -2.48. The van der Waals surface area contributed by atoms with Gasteiger partial charge in [0.2, 0.25) is 0 Å². The summed E-state index contributed by atoms with van der Waals surface area (Å²) < 4.78 is 61.2. The second-order valence-corrected chi connectivity index (χ2v) is 7.68. The quantitative estimate of drug-likeness (QED) is 0.644. The molecule has 2 N–H and O–H groups in total. The van der Waals surface area contributed by atoms with E-state index in [0.29, 0.717) is 15.9 Å². The first-order valence-electron chi connectivity index (χ1n) is 11.1. The standard InChI is InChI=1S/C21H22F3N5O2/c1-28(15-8-14(9-15)21(22,23)24)18-6-3-12(10-25-18)11-26-19(30)13-4-5-17-16(7-13)27-20(31)29(17)2/h3-7,10,14-15H,8-9,11H2,1-2H3,(H,26,30)(H,27,31)/i2D3. The van der Waals surface area contributed by atoms with Crippen molar-refractivity contribution in [2.24, 2.45) is 12.9 Å². The van der Waals surface area contributed by atoms with Crippen LogP contribution in [0, 0.1) is 5.92 Å². The third kappa shape index (κ3) is 4.14. The van der Waals surface area contributed by atoms with Crippen LogP contribution in [0.2, 0.25) is 0 Å². The molecule has 0 aliphatic heterocycles. The predicted octanol–water partition coefficient (Wildman–Crippen LogP) is 2.97. The van der Waals surface area contributed by atoms with Gasteiger partial charge >= 0.3 is 11.9 Å². The second kappa shape index (κ2) is 7.75. The number of amides is 1. The van der Waals surface area contributed by atoms with Gasteiger partial charge in [-0.05, 0) is 42.7 Å². The third-order valence-corrected chi connectivity index (χ3v) is 5.69. The van der Waals surface area contributed by atoms with Gasteiger partial charge in [-0.2, -0.15) is 13.2 Å². The van der Waals surface area contributed by atoms with Gasteiger partial charge in [0.25, 0.3) is 5.91 Å². The number of halogens is 3. The summed E-state index contributed by atoms with van der Waals surface area (Å²) in [6.45, 7) is -2.49. The number of anilines is 1. The molecule has 0 atom stereocenters. The van der Waals surface area contributed by atoms with Crippen molar-refractivity contribution < 1.29 is 22.1 Å². The van der Waals surface area contributed by atoms with Crippen LogP contribution in [0.15, 0.2) is 41.3 Å². The van der Waals surface area contributed by atoms with Crippen molar-refractivity contribution in [3.63, 3.8) is 0 Å². The minimum Gasteiger partial charge on any atom is -0.357 e. The molecule has 0 radical (unpaired) electrons.